The number of hydrogen-bond donors (Lipinski definition) is 4. The summed E-state index contributed by atoms with van der Waals surface area (Å²) in [6.45, 7) is 0.315. The Morgan fingerprint density at radius 2 is 2.03 bits per heavy atom. The highest BCUT2D eigenvalue weighted by atomic mass is 19.4. The van der Waals surface area contributed by atoms with Crippen LogP contribution in [0.5, 0.6) is 5.75 Å². The van der Waals surface area contributed by atoms with Crippen molar-refractivity contribution in [2.75, 3.05) is 19.0 Å². The van der Waals surface area contributed by atoms with Crippen LogP contribution in [0.15, 0.2) is 58.5 Å². The maximum absolute atomic E-state index is 13.6. The number of anilines is 1. The second-order valence-corrected chi connectivity index (χ2v) is 7.75. The predicted molar refractivity (Wildman–Crippen MR) is 119 cm³/mol. The quantitative estimate of drug-likeness (QED) is 0.546. The molecule has 2 aliphatic rings. The summed E-state index contributed by atoms with van der Waals surface area (Å²) < 4.78 is 44.5. The molecule has 0 spiro atoms. The minimum Gasteiger partial charge on any atom is -0.497 e. The van der Waals surface area contributed by atoms with Gasteiger partial charge in [0.2, 0.25) is 0 Å². The molecule has 2 aliphatic heterocycles. The molecular weight excluding hydrogens is 439 g/mol. The molecule has 1 aromatic carbocycles. The van der Waals surface area contributed by atoms with E-state index in [0.717, 1.165) is 0 Å². The minimum atomic E-state index is -4.41. The zero-order valence-electron chi connectivity index (χ0n) is 17.8. The standard InChI is InChI=1S/C22H22F3N5O3/c1-21(32)8-7-13(11-28-21)17-9-14-10-26-20(27-12-22(23,24)25)29-18(14)30(19(17)31)15-3-5-16(33-2)6-4-15/h3-11,20,27-29,32H,12H2,1-2H3. The van der Waals surface area contributed by atoms with Crippen molar-refractivity contribution in [1.29, 1.82) is 0 Å². The van der Waals surface area contributed by atoms with E-state index in [-0.39, 0.29) is 0 Å². The number of aromatic nitrogens is 1. The van der Waals surface area contributed by atoms with Crippen LogP contribution < -0.4 is 26.2 Å². The monoisotopic (exact) mass is 461 g/mol. The highest BCUT2D eigenvalue weighted by Gasteiger charge is 2.30. The third kappa shape index (κ3) is 4.94. The van der Waals surface area contributed by atoms with Gasteiger partial charge in [0, 0.05) is 29.1 Å². The number of nitrogens with zero attached hydrogens (tertiary/aromatic N) is 2. The van der Waals surface area contributed by atoms with Crippen molar-refractivity contribution in [3.05, 3.63) is 70.2 Å². The second kappa shape index (κ2) is 8.41. The van der Waals surface area contributed by atoms with Crippen LogP contribution in [0.1, 0.15) is 18.1 Å². The maximum atomic E-state index is 13.6. The van der Waals surface area contributed by atoms with Crippen LogP contribution in [0.3, 0.4) is 0 Å². The number of pyridine rings is 1. The maximum Gasteiger partial charge on any atom is 0.401 e. The van der Waals surface area contributed by atoms with Crippen LogP contribution in [0.4, 0.5) is 19.0 Å². The Hall–Kier alpha value is -3.57. The van der Waals surface area contributed by atoms with Gasteiger partial charge in [0.25, 0.3) is 5.56 Å². The molecule has 0 aliphatic carbocycles. The van der Waals surface area contributed by atoms with Gasteiger partial charge < -0.3 is 20.5 Å². The number of rotatable bonds is 5. The van der Waals surface area contributed by atoms with Crippen LogP contribution in [0.2, 0.25) is 0 Å². The average molecular weight is 461 g/mol. The third-order valence-corrected chi connectivity index (χ3v) is 5.11. The van der Waals surface area contributed by atoms with Gasteiger partial charge in [-0.3, -0.25) is 19.7 Å². The molecule has 4 N–H and O–H groups in total. The van der Waals surface area contributed by atoms with Gasteiger partial charge in [0.1, 0.15) is 11.6 Å². The van der Waals surface area contributed by atoms with Crippen molar-refractivity contribution in [3.8, 4) is 11.4 Å². The smallest absolute Gasteiger partial charge is 0.401 e. The first-order valence-electron chi connectivity index (χ1n) is 10.0. The van der Waals surface area contributed by atoms with Crippen LogP contribution in [-0.4, -0.2) is 47.7 Å². The van der Waals surface area contributed by atoms with E-state index < -0.39 is 30.3 Å². The summed E-state index contributed by atoms with van der Waals surface area (Å²) in [6, 6.07) is 8.30. The number of methoxy groups -OCH3 is 1. The lowest BCUT2D eigenvalue weighted by molar-refractivity contribution is -0.125. The lowest BCUT2D eigenvalue weighted by Gasteiger charge is -2.28. The first kappa shape index (κ1) is 22.6. The molecule has 0 fully saturated rings. The van der Waals surface area contributed by atoms with Crippen molar-refractivity contribution in [2.24, 2.45) is 4.99 Å². The van der Waals surface area contributed by atoms with E-state index in [2.05, 4.69) is 20.9 Å². The summed E-state index contributed by atoms with van der Waals surface area (Å²) in [7, 11) is 1.52. The number of aliphatic hydroxyl groups is 1. The van der Waals surface area contributed by atoms with Gasteiger partial charge in [-0.05, 0) is 43.3 Å². The van der Waals surface area contributed by atoms with E-state index in [9.17, 15) is 23.1 Å². The summed E-state index contributed by atoms with van der Waals surface area (Å²) in [5.74, 6) is 0.879. The fourth-order valence-corrected chi connectivity index (χ4v) is 3.44. The average Bonchev–Trinajstić information content (AvgIpc) is 2.77. The number of aliphatic imine (C=N–C) groups is 1. The van der Waals surface area contributed by atoms with E-state index in [1.54, 1.807) is 43.3 Å². The number of ether oxygens (including phenoxy) is 1. The fourth-order valence-electron chi connectivity index (χ4n) is 3.44. The number of dihydropyridines is 1. The summed E-state index contributed by atoms with van der Waals surface area (Å²) in [6.07, 6.45) is 0.605. The zero-order valence-corrected chi connectivity index (χ0v) is 17.8. The van der Waals surface area contributed by atoms with Crippen LogP contribution in [0.25, 0.3) is 11.3 Å². The Morgan fingerprint density at radius 3 is 2.64 bits per heavy atom. The molecule has 11 heteroatoms. The third-order valence-electron chi connectivity index (χ3n) is 5.11. The largest absolute Gasteiger partial charge is 0.497 e. The van der Waals surface area contributed by atoms with Crippen molar-refractivity contribution >= 4 is 17.6 Å². The van der Waals surface area contributed by atoms with Crippen molar-refractivity contribution in [1.82, 2.24) is 15.2 Å². The van der Waals surface area contributed by atoms with E-state index in [0.29, 0.717) is 34.0 Å². The van der Waals surface area contributed by atoms with E-state index in [4.69, 9.17) is 4.74 Å². The van der Waals surface area contributed by atoms with E-state index in [1.165, 1.54) is 30.2 Å². The summed E-state index contributed by atoms with van der Waals surface area (Å²) in [5, 5.41) is 18.0. The molecule has 2 aromatic rings. The molecule has 0 amide bonds. The Balaban J connectivity index is 1.81. The van der Waals surface area contributed by atoms with Crippen LogP contribution in [-0.2, 0) is 0 Å². The Kier molecular flexibility index (Phi) is 5.76. The van der Waals surface area contributed by atoms with Gasteiger partial charge in [0.15, 0.2) is 12.0 Å². The molecule has 3 heterocycles. The molecule has 0 saturated carbocycles. The molecule has 174 valence electrons. The number of fused-ring (bicyclic) bond motifs is 1. The van der Waals surface area contributed by atoms with Gasteiger partial charge in [0.05, 0.1) is 19.3 Å². The first-order valence-corrected chi connectivity index (χ1v) is 10.0. The van der Waals surface area contributed by atoms with Gasteiger partial charge in [-0.1, -0.05) is 6.08 Å². The number of benzene rings is 1. The van der Waals surface area contributed by atoms with Crippen molar-refractivity contribution in [2.45, 2.75) is 25.1 Å². The summed E-state index contributed by atoms with van der Waals surface area (Å²) >= 11 is 0. The summed E-state index contributed by atoms with van der Waals surface area (Å²) in [4.78, 5) is 17.7. The number of nitrogens with one attached hydrogen (secondary N) is 3. The van der Waals surface area contributed by atoms with Gasteiger partial charge in [-0.2, -0.15) is 13.2 Å². The number of hydrogen-bond acceptors (Lipinski definition) is 7. The Labute approximate surface area is 187 Å². The Bertz CT molecular complexity index is 1200. The predicted octanol–water partition coefficient (Wildman–Crippen LogP) is 2.33. The topological polar surface area (TPSA) is 99.9 Å². The second-order valence-electron chi connectivity index (χ2n) is 7.75. The fraction of sp³-hybridized carbons (Fsp3) is 0.273. The zero-order chi connectivity index (χ0) is 23.8. The molecular formula is C22H22F3N5O3. The van der Waals surface area contributed by atoms with Crippen molar-refractivity contribution in [3.63, 3.8) is 0 Å². The highest BCUT2D eigenvalue weighted by molar-refractivity contribution is 5.91. The molecule has 0 saturated heterocycles. The van der Waals surface area contributed by atoms with E-state index >= 15 is 0 Å². The molecule has 1 aromatic heterocycles. The molecule has 8 nitrogen and oxygen atoms in total. The molecule has 4 rings (SSSR count). The van der Waals surface area contributed by atoms with Crippen LogP contribution in [0, 0.1) is 0 Å². The normalized spacial score (nSPS) is 21.6. The van der Waals surface area contributed by atoms with Crippen LogP contribution >= 0.6 is 0 Å². The Morgan fingerprint density at radius 1 is 1.30 bits per heavy atom. The molecule has 0 bridgehead atoms. The van der Waals surface area contributed by atoms with Gasteiger partial charge in [-0.25, -0.2) is 0 Å². The summed E-state index contributed by atoms with van der Waals surface area (Å²) in [5.41, 5.74) is 0.193. The molecule has 2 atom stereocenters. The number of allylic oxidation sites excluding steroid dienone is 2. The van der Waals surface area contributed by atoms with E-state index in [1.807, 2.05) is 0 Å². The minimum absolute atomic E-state index is 0.295. The number of alkyl halides is 3. The highest BCUT2D eigenvalue weighted by Crippen LogP contribution is 2.27. The number of halogens is 3. The lowest BCUT2D eigenvalue weighted by atomic mass is 10.0. The molecule has 33 heavy (non-hydrogen) atoms. The van der Waals surface area contributed by atoms with Gasteiger partial charge >= 0.3 is 6.18 Å². The first-order chi connectivity index (χ1) is 15.6. The lowest BCUT2D eigenvalue weighted by Crippen LogP contribution is -2.43. The van der Waals surface area contributed by atoms with Crippen molar-refractivity contribution < 1.29 is 23.0 Å². The molecule has 2 unspecified atom stereocenters. The molecule has 0 radical (unpaired) electrons. The SMILES string of the molecule is COc1ccc(-n2c3c(cc(C4=CNC(C)(O)C=C4)c2=O)C=NC(NCC(F)(F)F)N3)cc1. The van der Waals surface area contributed by atoms with Gasteiger partial charge in [-0.15, -0.1) is 0 Å².